The number of sulfonamides is 1. The molecule has 0 spiro atoms. The Morgan fingerprint density at radius 1 is 1.36 bits per heavy atom. The van der Waals surface area contributed by atoms with E-state index in [0.29, 0.717) is 24.1 Å². The number of nitrogens with one attached hydrogen (secondary N) is 1. The molecule has 10 heteroatoms. The van der Waals surface area contributed by atoms with E-state index in [1.807, 2.05) is 0 Å². The van der Waals surface area contributed by atoms with Crippen molar-refractivity contribution in [2.45, 2.75) is 38.1 Å². The van der Waals surface area contributed by atoms with Crippen molar-refractivity contribution in [1.82, 2.24) is 14.8 Å². The van der Waals surface area contributed by atoms with Gasteiger partial charge in [0.2, 0.25) is 15.9 Å². The van der Waals surface area contributed by atoms with Crippen molar-refractivity contribution >= 4 is 31.9 Å². The lowest BCUT2D eigenvalue weighted by molar-refractivity contribution is -0.126. The van der Waals surface area contributed by atoms with E-state index >= 15 is 0 Å². The topological polar surface area (TPSA) is 92.5 Å². The molecule has 1 amide bonds. The third kappa shape index (κ3) is 4.28. The second-order valence-electron chi connectivity index (χ2n) is 6.79. The standard InChI is InChI=1S/C18H21BrFN3O4S/c1-11-17(12(2)27-22-11)28(25,26)23-7-5-13(6-8-23)18(24)21-10-14-9-15(19)3-4-16(14)20/h3-4,9,13H,5-8,10H2,1-2H3,(H,21,24). The minimum absolute atomic E-state index is 0.0850. The molecule has 7 nitrogen and oxygen atoms in total. The van der Waals surface area contributed by atoms with Gasteiger partial charge in [-0.15, -0.1) is 0 Å². The molecule has 2 aromatic rings. The highest BCUT2D eigenvalue weighted by Crippen LogP contribution is 2.27. The number of nitrogens with zero attached hydrogens (tertiary/aromatic N) is 2. The van der Waals surface area contributed by atoms with Crippen LogP contribution in [0.4, 0.5) is 4.39 Å². The highest BCUT2D eigenvalue weighted by molar-refractivity contribution is 9.10. The van der Waals surface area contributed by atoms with Crippen LogP contribution in [0.25, 0.3) is 0 Å². The van der Waals surface area contributed by atoms with Crippen molar-refractivity contribution < 1.29 is 22.1 Å². The minimum Gasteiger partial charge on any atom is -0.360 e. The van der Waals surface area contributed by atoms with Crippen LogP contribution in [0.3, 0.4) is 0 Å². The first kappa shape index (κ1) is 20.9. The van der Waals surface area contributed by atoms with Gasteiger partial charge in [-0.25, -0.2) is 12.8 Å². The second kappa shape index (κ2) is 8.30. The Hall–Kier alpha value is -1.78. The molecule has 1 aromatic carbocycles. The van der Waals surface area contributed by atoms with Gasteiger partial charge in [0, 0.05) is 35.6 Å². The number of carbonyl (C=O) groups is 1. The molecular formula is C18H21BrFN3O4S. The minimum atomic E-state index is -3.70. The van der Waals surface area contributed by atoms with Crippen molar-refractivity contribution in [1.29, 1.82) is 0 Å². The number of benzene rings is 1. The summed E-state index contributed by atoms with van der Waals surface area (Å²) in [6, 6.07) is 4.55. The first-order valence-corrected chi connectivity index (χ1v) is 11.1. The van der Waals surface area contributed by atoms with Gasteiger partial charge in [-0.3, -0.25) is 4.79 Å². The van der Waals surface area contributed by atoms with Crippen LogP contribution in [0.1, 0.15) is 29.9 Å². The number of halogens is 2. The average Bonchev–Trinajstić information content (AvgIpc) is 3.01. The molecule has 0 saturated carbocycles. The molecule has 1 N–H and O–H groups in total. The molecule has 3 rings (SSSR count). The highest BCUT2D eigenvalue weighted by atomic mass is 79.9. The summed E-state index contributed by atoms with van der Waals surface area (Å²) >= 11 is 3.28. The molecule has 0 atom stereocenters. The quantitative estimate of drug-likeness (QED) is 0.720. The van der Waals surface area contributed by atoms with Crippen molar-refractivity contribution in [3.8, 4) is 0 Å². The summed E-state index contributed by atoms with van der Waals surface area (Å²) in [5.74, 6) is -0.641. The van der Waals surface area contributed by atoms with Gasteiger partial charge >= 0.3 is 0 Å². The van der Waals surface area contributed by atoms with Gasteiger partial charge < -0.3 is 9.84 Å². The number of rotatable bonds is 5. The molecular weight excluding hydrogens is 453 g/mol. The van der Waals surface area contributed by atoms with E-state index in [2.05, 4.69) is 26.4 Å². The SMILES string of the molecule is Cc1noc(C)c1S(=O)(=O)N1CCC(C(=O)NCc2cc(Br)ccc2F)CC1. The molecule has 0 aliphatic carbocycles. The predicted molar refractivity (Wildman–Crippen MR) is 103 cm³/mol. The van der Waals surface area contributed by atoms with E-state index in [1.165, 1.54) is 10.4 Å². The van der Waals surface area contributed by atoms with Crippen LogP contribution < -0.4 is 5.32 Å². The molecule has 28 heavy (non-hydrogen) atoms. The van der Waals surface area contributed by atoms with Crippen molar-refractivity contribution in [3.05, 3.63) is 45.5 Å². The molecule has 1 aromatic heterocycles. The smallest absolute Gasteiger partial charge is 0.248 e. The molecule has 0 radical (unpaired) electrons. The van der Waals surface area contributed by atoms with E-state index < -0.39 is 10.0 Å². The Balaban J connectivity index is 1.59. The Morgan fingerprint density at radius 3 is 2.64 bits per heavy atom. The lowest BCUT2D eigenvalue weighted by Crippen LogP contribution is -2.43. The van der Waals surface area contributed by atoms with Crippen LogP contribution in [-0.4, -0.2) is 36.9 Å². The fourth-order valence-electron chi connectivity index (χ4n) is 3.34. The first-order valence-electron chi connectivity index (χ1n) is 8.85. The number of piperidine rings is 1. The van der Waals surface area contributed by atoms with Crippen LogP contribution in [0.5, 0.6) is 0 Å². The van der Waals surface area contributed by atoms with E-state index in [4.69, 9.17) is 4.52 Å². The Morgan fingerprint density at radius 2 is 2.04 bits per heavy atom. The predicted octanol–water partition coefficient (Wildman–Crippen LogP) is 2.91. The molecule has 2 heterocycles. The average molecular weight is 474 g/mol. The maximum absolute atomic E-state index is 13.8. The normalized spacial score (nSPS) is 16.3. The second-order valence-corrected chi connectivity index (χ2v) is 9.58. The zero-order valence-electron chi connectivity index (χ0n) is 15.5. The van der Waals surface area contributed by atoms with E-state index in [1.54, 1.807) is 26.0 Å². The Labute approximate surface area is 171 Å². The van der Waals surface area contributed by atoms with Gasteiger partial charge in [-0.05, 0) is 44.9 Å². The number of hydrogen-bond acceptors (Lipinski definition) is 5. The molecule has 152 valence electrons. The fraction of sp³-hybridized carbons (Fsp3) is 0.444. The number of amides is 1. The van der Waals surface area contributed by atoms with Crippen LogP contribution in [0.2, 0.25) is 0 Å². The van der Waals surface area contributed by atoms with Gasteiger partial charge in [-0.1, -0.05) is 21.1 Å². The van der Waals surface area contributed by atoms with Crippen molar-refractivity contribution in [2.75, 3.05) is 13.1 Å². The van der Waals surface area contributed by atoms with E-state index in [-0.39, 0.29) is 47.9 Å². The number of carbonyl (C=O) groups excluding carboxylic acids is 1. The molecule has 0 bridgehead atoms. The summed E-state index contributed by atoms with van der Waals surface area (Å²) in [4.78, 5) is 12.5. The van der Waals surface area contributed by atoms with Crippen molar-refractivity contribution in [2.24, 2.45) is 5.92 Å². The maximum atomic E-state index is 13.8. The fourth-order valence-corrected chi connectivity index (χ4v) is 5.51. The Kier molecular flexibility index (Phi) is 6.21. The van der Waals surface area contributed by atoms with Crippen LogP contribution in [-0.2, 0) is 21.4 Å². The third-order valence-corrected chi connectivity index (χ3v) is 7.49. The molecule has 1 aliphatic rings. The maximum Gasteiger partial charge on any atom is 0.248 e. The summed E-state index contributed by atoms with van der Waals surface area (Å²) in [7, 11) is -3.70. The number of aryl methyl sites for hydroxylation is 2. The number of hydrogen-bond donors (Lipinski definition) is 1. The third-order valence-electron chi connectivity index (χ3n) is 4.85. The lowest BCUT2D eigenvalue weighted by atomic mass is 9.97. The van der Waals surface area contributed by atoms with Gasteiger partial charge in [-0.2, -0.15) is 4.31 Å². The lowest BCUT2D eigenvalue weighted by Gasteiger charge is -2.30. The van der Waals surface area contributed by atoms with Gasteiger partial charge in [0.1, 0.15) is 16.4 Å². The van der Waals surface area contributed by atoms with Crippen LogP contribution in [0.15, 0.2) is 32.1 Å². The molecule has 0 unspecified atom stereocenters. The number of aromatic nitrogens is 1. The first-order chi connectivity index (χ1) is 13.2. The summed E-state index contributed by atoms with van der Waals surface area (Å²) in [5, 5.41) is 6.45. The summed E-state index contributed by atoms with van der Waals surface area (Å²) in [6.07, 6.45) is 0.796. The van der Waals surface area contributed by atoms with E-state index in [0.717, 1.165) is 4.47 Å². The van der Waals surface area contributed by atoms with Crippen LogP contribution >= 0.6 is 15.9 Å². The largest absolute Gasteiger partial charge is 0.360 e. The van der Waals surface area contributed by atoms with E-state index in [9.17, 15) is 17.6 Å². The summed E-state index contributed by atoms with van der Waals surface area (Å²) < 4.78 is 46.5. The van der Waals surface area contributed by atoms with Crippen LogP contribution in [0, 0.1) is 25.6 Å². The Bertz CT molecular complexity index is 965. The zero-order valence-corrected chi connectivity index (χ0v) is 17.9. The molecule has 1 fully saturated rings. The monoisotopic (exact) mass is 473 g/mol. The highest BCUT2D eigenvalue weighted by Gasteiger charge is 2.35. The zero-order chi connectivity index (χ0) is 20.5. The van der Waals surface area contributed by atoms with Gasteiger partial charge in [0.25, 0.3) is 0 Å². The molecule has 1 saturated heterocycles. The summed E-state index contributed by atoms with van der Waals surface area (Å²) in [6.45, 7) is 3.70. The molecule has 1 aliphatic heterocycles. The summed E-state index contributed by atoms with van der Waals surface area (Å²) in [5.41, 5.74) is 0.717. The van der Waals surface area contributed by atoms with Gasteiger partial charge in [0.05, 0.1) is 0 Å². The van der Waals surface area contributed by atoms with Gasteiger partial charge in [0.15, 0.2) is 5.76 Å². The van der Waals surface area contributed by atoms with Crippen molar-refractivity contribution in [3.63, 3.8) is 0 Å².